The van der Waals surface area contributed by atoms with Crippen LogP contribution in [-0.2, 0) is 11.3 Å². The van der Waals surface area contributed by atoms with Crippen molar-refractivity contribution in [1.29, 1.82) is 0 Å². The second-order valence-corrected chi connectivity index (χ2v) is 6.21. The Bertz CT molecular complexity index is 710. The van der Waals surface area contributed by atoms with Crippen LogP contribution in [0.5, 0.6) is 0 Å². The zero-order valence-electron chi connectivity index (χ0n) is 14.7. The van der Waals surface area contributed by atoms with Crippen LogP contribution in [-0.4, -0.2) is 47.3 Å². The summed E-state index contributed by atoms with van der Waals surface area (Å²) in [5, 5.41) is 6.90. The van der Waals surface area contributed by atoms with Crippen molar-refractivity contribution in [3.63, 3.8) is 0 Å². The highest BCUT2D eigenvalue weighted by Crippen LogP contribution is 2.16. The number of hydrogen-bond acceptors (Lipinski definition) is 6. The minimum atomic E-state index is -0.243. The maximum Gasteiger partial charge on any atom is 0.274 e. The second-order valence-electron chi connectivity index (χ2n) is 6.21. The largest absolute Gasteiger partial charge is 0.379 e. The molecule has 1 N–H and O–H groups in total. The molecule has 25 heavy (non-hydrogen) atoms. The van der Waals surface area contributed by atoms with E-state index in [0.29, 0.717) is 18.0 Å². The van der Waals surface area contributed by atoms with E-state index in [1.54, 1.807) is 6.07 Å². The topological polar surface area (TPSA) is 80.5 Å². The molecule has 1 aliphatic rings. The predicted molar refractivity (Wildman–Crippen MR) is 92.1 cm³/mol. The van der Waals surface area contributed by atoms with Crippen LogP contribution in [0.2, 0.25) is 0 Å². The Hall–Kier alpha value is -2.25. The number of amides is 1. The standard InChI is InChI=1S/C18H24N4O3/c1-3-15(16-6-4-5-13(2)19-16)20-18(23)17-11-14(25-21-17)12-22-7-9-24-10-8-22/h4-6,11,15H,3,7-10,12H2,1-2H3,(H,20,23). The van der Waals surface area contributed by atoms with E-state index in [2.05, 4.69) is 20.4 Å². The summed E-state index contributed by atoms with van der Waals surface area (Å²) < 4.78 is 10.6. The maximum atomic E-state index is 12.5. The number of hydrogen-bond donors (Lipinski definition) is 1. The van der Waals surface area contributed by atoms with Crippen molar-refractivity contribution in [2.45, 2.75) is 32.9 Å². The summed E-state index contributed by atoms with van der Waals surface area (Å²) in [6, 6.07) is 7.37. The van der Waals surface area contributed by atoms with Gasteiger partial charge in [-0.15, -0.1) is 0 Å². The molecule has 0 radical (unpaired) electrons. The molecule has 7 heteroatoms. The van der Waals surface area contributed by atoms with Gasteiger partial charge in [0, 0.05) is 24.8 Å². The minimum Gasteiger partial charge on any atom is -0.379 e. The van der Waals surface area contributed by atoms with Gasteiger partial charge in [0.15, 0.2) is 11.5 Å². The number of nitrogens with zero attached hydrogens (tertiary/aromatic N) is 3. The fourth-order valence-electron chi connectivity index (χ4n) is 2.85. The lowest BCUT2D eigenvalue weighted by Crippen LogP contribution is -2.35. The Morgan fingerprint density at radius 1 is 1.36 bits per heavy atom. The fourth-order valence-corrected chi connectivity index (χ4v) is 2.85. The fraction of sp³-hybridized carbons (Fsp3) is 0.500. The molecule has 2 aromatic heterocycles. The Balaban J connectivity index is 1.62. The monoisotopic (exact) mass is 344 g/mol. The van der Waals surface area contributed by atoms with Gasteiger partial charge >= 0.3 is 0 Å². The van der Waals surface area contributed by atoms with Crippen molar-refractivity contribution in [2.75, 3.05) is 26.3 Å². The highest BCUT2D eigenvalue weighted by atomic mass is 16.5. The lowest BCUT2D eigenvalue weighted by molar-refractivity contribution is 0.0305. The van der Waals surface area contributed by atoms with E-state index in [0.717, 1.165) is 44.1 Å². The van der Waals surface area contributed by atoms with Crippen LogP contribution >= 0.6 is 0 Å². The second kappa shape index (κ2) is 8.22. The molecule has 2 aromatic rings. The van der Waals surface area contributed by atoms with Crippen molar-refractivity contribution < 1.29 is 14.1 Å². The van der Waals surface area contributed by atoms with Crippen LogP contribution in [0, 0.1) is 6.92 Å². The molecule has 1 saturated heterocycles. The third kappa shape index (κ3) is 4.64. The Morgan fingerprint density at radius 3 is 2.88 bits per heavy atom. The normalized spacial score (nSPS) is 16.6. The number of morpholine rings is 1. The first-order valence-corrected chi connectivity index (χ1v) is 8.66. The summed E-state index contributed by atoms with van der Waals surface area (Å²) in [6.45, 7) is 7.76. The number of rotatable bonds is 6. The first-order chi connectivity index (χ1) is 12.2. The molecule has 1 atom stereocenters. The summed E-state index contributed by atoms with van der Waals surface area (Å²) in [7, 11) is 0. The lowest BCUT2D eigenvalue weighted by atomic mass is 10.1. The van der Waals surface area contributed by atoms with Gasteiger partial charge < -0.3 is 14.6 Å². The molecule has 1 unspecified atom stereocenters. The van der Waals surface area contributed by atoms with Gasteiger partial charge in [0.25, 0.3) is 5.91 Å². The van der Waals surface area contributed by atoms with Crippen molar-refractivity contribution in [1.82, 2.24) is 20.4 Å². The van der Waals surface area contributed by atoms with Crippen LogP contribution in [0.4, 0.5) is 0 Å². The van der Waals surface area contributed by atoms with E-state index in [1.807, 2.05) is 32.0 Å². The number of ether oxygens (including phenoxy) is 1. The lowest BCUT2D eigenvalue weighted by Gasteiger charge is -2.25. The molecule has 0 spiro atoms. The molecule has 7 nitrogen and oxygen atoms in total. The van der Waals surface area contributed by atoms with Crippen LogP contribution in [0.1, 0.15) is 47.0 Å². The van der Waals surface area contributed by atoms with Crippen molar-refractivity contribution in [3.05, 3.63) is 47.1 Å². The quantitative estimate of drug-likeness (QED) is 0.864. The number of aromatic nitrogens is 2. The van der Waals surface area contributed by atoms with Gasteiger partial charge in [-0.05, 0) is 25.5 Å². The predicted octanol–water partition coefficient (Wildman–Crippen LogP) is 2.09. The first-order valence-electron chi connectivity index (χ1n) is 8.66. The van der Waals surface area contributed by atoms with E-state index < -0.39 is 0 Å². The molecule has 1 amide bonds. The zero-order chi connectivity index (χ0) is 17.6. The van der Waals surface area contributed by atoms with Crippen molar-refractivity contribution in [3.8, 4) is 0 Å². The van der Waals surface area contributed by atoms with Crippen LogP contribution in [0.25, 0.3) is 0 Å². The minimum absolute atomic E-state index is 0.146. The average molecular weight is 344 g/mol. The molecule has 0 saturated carbocycles. The van der Waals surface area contributed by atoms with Crippen molar-refractivity contribution >= 4 is 5.91 Å². The Kier molecular flexibility index (Phi) is 5.78. The van der Waals surface area contributed by atoms with E-state index in [-0.39, 0.29) is 11.9 Å². The maximum absolute atomic E-state index is 12.5. The Labute approximate surface area is 147 Å². The number of carbonyl (C=O) groups excluding carboxylic acids is 1. The van der Waals surface area contributed by atoms with Gasteiger partial charge in [-0.25, -0.2) is 0 Å². The molecule has 1 fully saturated rings. The van der Waals surface area contributed by atoms with E-state index >= 15 is 0 Å². The summed E-state index contributed by atoms with van der Waals surface area (Å²) in [4.78, 5) is 19.2. The van der Waals surface area contributed by atoms with Gasteiger partial charge in [-0.2, -0.15) is 0 Å². The van der Waals surface area contributed by atoms with Crippen LogP contribution in [0.3, 0.4) is 0 Å². The molecule has 134 valence electrons. The summed E-state index contributed by atoms with van der Waals surface area (Å²) in [6.07, 6.45) is 0.751. The molecule has 0 bridgehead atoms. The third-order valence-corrected chi connectivity index (χ3v) is 4.26. The molecule has 0 aliphatic carbocycles. The third-order valence-electron chi connectivity index (χ3n) is 4.26. The van der Waals surface area contributed by atoms with Crippen LogP contribution in [0.15, 0.2) is 28.8 Å². The number of nitrogens with one attached hydrogen (secondary N) is 1. The molecular weight excluding hydrogens is 320 g/mol. The molecule has 3 heterocycles. The highest BCUT2D eigenvalue weighted by molar-refractivity contribution is 5.92. The molecule has 3 rings (SSSR count). The van der Waals surface area contributed by atoms with Gasteiger partial charge in [-0.3, -0.25) is 14.7 Å². The van der Waals surface area contributed by atoms with E-state index in [1.165, 1.54) is 0 Å². The Morgan fingerprint density at radius 2 is 2.16 bits per heavy atom. The van der Waals surface area contributed by atoms with E-state index in [9.17, 15) is 4.79 Å². The smallest absolute Gasteiger partial charge is 0.274 e. The number of pyridine rings is 1. The van der Waals surface area contributed by atoms with E-state index in [4.69, 9.17) is 9.26 Å². The van der Waals surface area contributed by atoms with Gasteiger partial charge in [0.1, 0.15) is 0 Å². The molecular formula is C18H24N4O3. The van der Waals surface area contributed by atoms with Crippen LogP contribution < -0.4 is 5.32 Å². The van der Waals surface area contributed by atoms with Gasteiger partial charge in [0.2, 0.25) is 0 Å². The SMILES string of the molecule is CCC(NC(=O)c1cc(CN2CCOCC2)on1)c1cccc(C)n1. The first kappa shape index (κ1) is 17.6. The molecule has 0 aromatic carbocycles. The van der Waals surface area contributed by atoms with Gasteiger partial charge in [-0.1, -0.05) is 18.1 Å². The zero-order valence-corrected chi connectivity index (χ0v) is 14.7. The highest BCUT2D eigenvalue weighted by Gasteiger charge is 2.20. The summed E-state index contributed by atoms with van der Waals surface area (Å²) in [5.74, 6) is 0.445. The summed E-state index contributed by atoms with van der Waals surface area (Å²) in [5.41, 5.74) is 2.08. The summed E-state index contributed by atoms with van der Waals surface area (Å²) >= 11 is 0. The van der Waals surface area contributed by atoms with Gasteiger partial charge in [0.05, 0.1) is 31.5 Å². The average Bonchev–Trinajstić information content (AvgIpc) is 3.09. The number of carbonyl (C=O) groups is 1. The van der Waals surface area contributed by atoms with Crippen molar-refractivity contribution in [2.24, 2.45) is 0 Å². The molecule has 1 aliphatic heterocycles. The number of aryl methyl sites for hydroxylation is 1.